The van der Waals surface area contributed by atoms with E-state index in [1.54, 1.807) is 4.90 Å². The maximum absolute atomic E-state index is 13.0. The molecule has 24 heavy (non-hydrogen) atoms. The van der Waals surface area contributed by atoms with Gasteiger partial charge in [-0.2, -0.15) is 0 Å². The normalized spacial score (nSPS) is 19.0. The van der Waals surface area contributed by atoms with E-state index in [0.29, 0.717) is 13.1 Å². The molecule has 0 spiro atoms. The number of benzene rings is 1. The Morgan fingerprint density at radius 1 is 1.29 bits per heavy atom. The average molecular weight is 332 g/mol. The van der Waals surface area contributed by atoms with Gasteiger partial charge < -0.3 is 19.3 Å². The van der Waals surface area contributed by atoms with Crippen LogP contribution >= 0.6 is 0 Å². The van der Waals surface area contributed by atoms with Gasteiger partial charge in [0.1, 0.15) is 6.04 Å². The molecule has 0 bridgehead atoms. The van der Waals surface area contributed by atoms with Crippen molar-refractivity contribution < 1.29 is 19.1 Å². The maximum atomic E-state index is 13.0. The van der Waals surface area contributed by atoms with Gasteiger partial charge in [-0.25, -0.2) is 0 Å². The largest absolute Gasteiger partial charge is 0.454 e. The third-order valence-electron chi connectivity index (χ3n) is 4.64. The minimum Gasteiger partial charge on any atom is -0.454 e. The fourth-order valence-electron chi connectivity index (χ4n) is 3.34. The van der Waals surface area contributed by atoms with E-state index in [9.17, 15) is 9.59 Å². The molecule has 2 aliphatic heterocycles. The van der Waals surface area contributed by atoms with Crippen molar-refractivity contribution in [2.75, 3.05) is 13.3 Å². The van der Waals surface area contributed by atoms with Crippen LogP contribution in [0, 0.1) is 0 Å². The van der Waals surface area contributed by atoms with Crippen LogP contribution in [0.2, 0.25) is 0 Å². The van der Waals surface area contributed by atoms with Gasteiger partial charge in [-0.05, 0) is 44.4 Å². The second kappa shape index (κ2) is 6.71. The predicted octanol–water partition coefficient (Wildman–Crippen LogP) is 2.16. The highest BCUT2D eigenvalue weighted by Crippen LogP contribution is 2.33. The van der Waals surface area contributed by atoms with Crippen molar-refractivity contribution in [3.05, 3.63) is 23.8 Å². The molecule has 1 atom stereocenters. The van der Waals surface area contributed by atoms with Crippen LogP contribution in [0.25, 0.3) is 0 Å². The molecule has 1 aromatic carbocycles. The third kappa shape index (κ3) is 3.18. The average Bonchev–Trinajstić information content (AvgIpc) is 3.19. The minimum absolute atomic E-state index is 0.0235. The smallest absolute Gasteiger partial charge is 0.245 e. The number of hydrogen-bond donors (Lipinski definition) is 0. The van der Waals surface area contributed by atoms with Gasteiger partial charge in [-0.15, -0.1) is 0 Å². The van der Waals surface area contributed by atoms with Gasteiger partial charge >= 0.3 is 0 Å². The summed E-state index contributed by atoms with van der Waals surface area (Å²) in [5.41, 5.74) is 0.994. The van der Waals surface area contributed by atoms with Gasteiger partial charge in [0.2, 0.25) is 18.6 Å². The van der Waals surface area contributed by atoms with Gasteiger partial charge in [-0.1, -0.05) is 6.07 Å². The van der Waals surface area contributed by atoms with Gasteiger partial charge in [0.05, 0.1) is 0 Å². The van der Waals surface area contributed by atoms with E-state index in [-0.39, 0.29) is 30.7 Å². The first-order valence-corrected chi connectivity index (χ1v) is 8.43. The molecule has 2 heterocycles. The molecule has 6 nitrogen and oxygen atoms in total. The lowest BCUT2D eigenvalue weighted by atomic mass is 10.1. The highest BCUT2D eigenvalue weighted by molar-refractivity contribution is 5.87. The highest BCUT2D eigenvalue weighted by atomic mass is 16.7. The van der Waals surface area contributed by atoms with Crippen LogP contribution in [0.15, 0.2) is 18.2 Å². The number of carbonyl (C=O) groups excluding carboxylic acids is 2. The van der Waals surface area contributed by atoms with E-state index in [1.165, 1.54) is 6.92 Å². The van der Waals surface area contributed by atoms with Crippen molar-refractivity contribution >= 4 is 11.8 Å². The standard InChI is InChI=1S/C18H24N2O4/c1-12(2)20(18(22)15-5-4-8-19(15)13(3)21)10-14-6-7-16-17(9-14)24-11-23-16/h6-7,9,12,15H,4-5,8,10-11H2,1-3H3. The number of ether oxygens (including phenoxy) is 2. The summed E-state index contributed by atoms with van der Waals surface area (Å²) in [6.45, 7) is 6.93. The molecule has 2 aliphatic rings. The van der Waals surface area contributed by atoms with Crippen LogP contribution < -0.4 is 9.47 Å². The Bertz CT molecular complexity index is 644. The van der Waals surface area contributed by atoms with Crippen molar-refractivity contribution in [1.82, 2.24) is 9.80 Å². The molecule has 0 N–H and O–H groups in total. The number of carbonyl (C=O) groups is 2. The van der Waals surface area contributed by atoms with Crippen molar-refractivity contribution in [3.8, 4) is 11.5 Å². The Hall–Kier alpha value is -2.24. The number of rotatable bonds is 4. The number of fused-ring (bicyclic) bond motifs is 1. The summed E-state index contributed by atoms with van der Waals surface area (Å²) in [5.74, 6) is 1.45. The van der Waals surface area contributed by atoms with Crippen LogP contribution in [-0.4, -0.2) is 47.0 Å². The molecule has 0 radical (unpaired) electrons. The molecule has 2 amide bonds. The molecule has 1 aromatic rings. The molecular formula is C18H24N2O4. The summed E-state index contributed by atoms with van der Waals surface area (Å²) in [5, 5.41) is 0. The Morgan fingerprint density at radius 3 is 2.75 bits per heavy atom. The van der Waals surface area contributed by atoms with E-state index in [1.807, 2.05) is 36.9 Å². The number of amides is 2. The summed E-state index contributed by atoms with van der Waals surface area (Å²) in [4.78, 5) is 28.3. The van der Waals surface area contributed by atoms with E-state index < -0.39 is 0 Å². The van der Waals surface area contributed by atoms with Gasteiger partial charge in [0.25, 0.3) is 0 Å². The summed E-state index contributed by atoms with van der Waals surface area (Å²) >= 11 is 0. The molecule has 1 unspecified atom stereocenters. The van der Waals surface area contributed by atoms with Crippen molar-refractivity contribution in [3.63, 3.8) is 0 Å². The zero-order valence-electron chi connectivity index (χ0n) is 14.4. The molecule has 1 saturated heterocycles. The van der Waals surface area contributed by atoms with Crippen molar-refractivity contribution in [1.29, 1.82) is 0 Å². The fraction of sp³-hybridized carbons (Fsp3) is 0.556. The first-order chi connectivity index (χ1) is 11.5. The van der Waals surface area contributed by atoms with Gasteiger partial charge in [-0.3, -0.25) is 9.59 Å². The van der Waals surface area contributed by atoms with Gasteiger partial charge in [0.15, 0.2) is 11.5 Å². The van der Waals surface area contributed by atoms with Gasteiger partial charge in [0, 0.05) is 26.1 Å². The number of likely N-dealkylation sites (tertiary alicyclic amines) is 1. The Labute approximate surface area is 142 Å². The second-order valence-electron chi connectivity index (χ2n) is 6.62. The first kappa shape index (κ1) is 16.6. The fourth-order valence-corrected chi connectivity index (χ4v) is 3.34. The van der Waals surface area contributed by atoms with Crippen LogP contribution in [-0.2, 0) is 16.1 Å². The Balaban J connectivity index is 1.77. The topological polar surface area (TPSA) is 59.1 Å². The molecule has 0 aromatic heterocycles. The summed E-state index contributed by atoms with van der Waals surface area (Å²) < 4.78 is 10.7. The van der Waals surface area contributed by atoms with E-state index in [0.717, 1.165) is 29.9 Å². The zero-order valence-corrected chi connectivity index (χ0v) is 14.4. The number of hydrogen-bond acceptors (Lipinski definition) is 4. The molecule has 0 aliphatic carbocycles. The van der Waals surface area contributed by atoms with E-state index in [2.05, 4.69) is 0 Å². The SMILES string of the molecule is CC(=O)N1CCCC1C(=O)N(Cc1ccc2c(c1)OCO2)C(C)C. The summed E-state index contributed by atoms with van der Waals surface area (Å²) in [7, 11) is 0. The summed E-state index contributed by atoms with van der Waals surface area (Å²) in [6, 6.07) is 5.46. The molecule has 0 saturated carbocycles. The summed E-state index contributed by atoms with van der Waals surface area (Å²) in [6.07, 6.45) is 1.62. The quantitative estimate of drug-likeness (QED) is 0.848. The Kier molecular flexibility index (Phi) is 4.64. The van der Waals surface area contributed by atoms with Crippen LogP contribution in [0.3, 0.4) is 0 Å². The highest BCUT2D eigenvalue weighted by Gasteiger charge is 2.36. The molecule has 1 fully saturated rings. The van der Waals surface area contributed by atoms with E-state index in [4.69, 9.17) is 9.47 Å². The van der Waals surface area contributed by atoms with Crippen molar-refractivity contribution in [2.45, 2.75) is 52.2 Å². The zero-order chi connectivity index (χ0) is 17.3. The van der Waals surface area contributed by atoms with E-state index >= 15 is 0 Å². The molecule has 3 rings (SSSR count). The lowest BCUT2D eigenvalue weighted by Gasteiger charge is -2.32. The predicted molar refractivity (Wildman–Crippen MR) is 88.7 cm³/mol. The second-order valence-corrected chi connectivity index (χ2v) is 6.62. The lowest BCUT2D eigenvalue weighted by Crippen LogP contribution is -2.49. The first-order valence-electron chi connectivity index (χ1n) is 8.43. The van der Waals surface area contributed by atoms with Crippen molar-refractivity contribution in [2.24, 2.45) is 0 Å². The van der Waals surface area contributed by atoms with Crippen LogP contribution in [0.5, 0.6) is 11.5 Å². The monoisotopic (exact) mass is 332 g/mol. The third-order valence-corrected chi connectivity index (χ3v) is 4.64. The Morgan fingerprint density at radius 2 is 2.04 bits per heavy atom. The van der Waals surface area contributed by atoms with Crippen LogP contribution in [0.1, 0.15) is 39.2 Å². The maximum Gasteiger partial charge on any atom is 0.245 e. The molecule has 6 heteroatoms. The molecular weight excluding hydrogens is 308 g/mol. The lowest BCUT2D eigenvalue weighted by molar-refractivity contribution is -0.144. The molecule has 130 valence electrons. The minimum atomic E-state index is -0.334. The number of nitrogens with zero attached hydrogens (tertiary/aromatic N) is 2. The van der Waals surface area contributed by atoms with Crippen LogP contribution in [0.4, 0.5) is 0 Å².